The van der Waals surface area contributed by atoms with Gasteiger partial charge in [-0.1, -0.05) is 25.5 Å². The summed E-state index contributed by atoms with van der Waals surface area (Å²) < 4.78 is 33.2. The number of ether oxygens (including phenoxy) is 1. The van der Waals surface area contributed by atoms with Crippen LogP contribution in [0.4, 0.5) is 18.4 Å². The molecule has 2 saturated heterocycles. The minimum absolute atomic E-state index is 0. The standard InChI is InChI=1S/C26H32F2N4O3.2ClH/c1-4-5-14-31(30-15-11-18(12-16-30)22-8-6-7-13-29-22)24(33)32-23(26(2,3)35-25(32)34)19-9-10-20(27)21(28)17-19;;/h6-10,13,17-18,23H,4-5,11-12,14-16H2,1-3H3;2*1H. The van der Waals surface area contributed by atoms with Gasteiger partial charge in [0.25, 0.3) is 0 Å². The fourth-order valence-electron chi connectivity index (χ4n) is 4.98. The number of carbonyl (C=O) groups excluding carboxylic acids is 2. The van der Waals surface area contributed by atoms with Crippen LogP contribution in [0.2, 0.25) is 0 Å². The first-order chi connectivity index (χ1) is 16.7. The minimum Gasteiger partial charge on any atom is -0.440 e. The van der Waals surface area contributed by atoms with E-state index in [1.807, 2.05) is 30.1 Å². The van der Waals surface area contributed by atoms with Crippen molar-refractivity contribution in [3.63, 3.8) is 0 Å². The number of piperidine rings is 1. The Morgan fingerprint density at radius 2 is 1.84 bits per heavy atom. The molecule has 2 aromatic rings. The summed E-state index contributed by atoms with van der Waals surface area (Å²) in [4.78, 5) is 32.3. The lowest BCUT2D eigenvalue weighted by Gasteiger charge is -2.41. The highest BCUT2D eigenvalue weighted by molar-refractivity contribution is 5.93. The van der Waals surface area contributed by atoms with Crippen molar-refractivity contribution in [3.05, 3.63) is 65.5 Å². The van der Waals surface area contributed by atoms with Gasteiger partial charge in [0.2, 0.25) is 0 Å². The molecule has 11 heteroatoms. The molecule has 0 radical (unpaired) electrons. The van der Waals surface area contributed by atoms with Crippen molar-refractivity contribution >= 4 is 36.9 Å². The van der Waals surface area contributed by atoms with E-state index in [1.165, 1.54) is 6.07 Å². The molecule has 3 heterocycles. The lowest BCUT2D eigenvalue weighted by Crippen LogP contribution is -2.55. The maximum atomic E-state index is 14.1. The van der Waals surface area contributed by atoms with Crippen LogP contribution >= 0.6 is 24.8 Å². The van der Waals surface area contributed by atoms with E-state index >= 15 is 0 Å². The summed E-state index contributed by atoms with van der Waals surface area (Å²) in [5.41, 5.74) is 0.235. The first-order valence-electron chi connectivity index (χ1n) is 12.2. The number of rotatable bonds is 6. The van der Waals surface area contributed by atoms with Crippen LogP contribution in [-0.4, -0.2) is 57.3 Å². The monoisotopic (exact) mass is 558 g/mol. The van der Waals surface area contributed by atoms with E-state index in [0.29, 0.717) is 31.1 Å². The smallest absolute Gasteiger partial charge is 0.419 e. The zero-order chi connectivity index (χ0) is 25.2. The highest BCUT2D eigenvalue weighted by atomic mass is 35.5. The molecule has 7 nitrogen and oxygen atoms in total. The Morgan fingerprint density at radius 3 is 2.43 bits per heavy atom. The van der Waals surface area contributed by atoms with Crippen molar-refractivity contribution in [2.45, 2.75) is 64.0 Å². The molecule has 2 aliphatic heterocycles. The molecule has 37 heavy (non-hydrogen) atoms. The van der Waals surface area contributed by atoms with Crippen LogP contribution in [0.1, 0.15) is 69.7 Å². The molecule has 4 rings (SSSR count). The number of nitrogens with zero attached hydrogens (tertiary/aromatic N) is 4. The van der Waals surface area contributed by atoms with Crippen LogP contribution in [0.3, 0.4) is 0 Å². The van der Waals surface area contributed by atoms with Gasteiger partial charge in [-0.15, -0.1) is 24.8 Å². The van der Waals surface area contributed by atoms with E-state index in [0.717, 1.165) is 48.4 Å². The van der Waals surface area contributed by atoms with Crippen LogP contribution in [-0.2, 0) is 4.74 Å². The number of carbonyl (C=O) groups is 2. The fraction of sp³-hybridized carbons (Fsp3) is 0.500. The predicted octanol–water partition coefficient (Wildman–Crippen LogP) is 6.49. The molecule has 1 aromatic carbocycles. The average Bonchev–Trinajstić information content (AvgIpc) is 3.09. The highest BCUT2D eigenvalue weighted by Gasteiger charge is 2.53. The summed E-state index contributed by atoms with van der Waals surface area (Å²) in [7, 11) is 0. The Kier molecular flexibility index (Phi) is 10.7. The number of hydrogen-bond donors (Lipinski definition) is 0. The van der Waals surface area contributed by atoms with E-state index < -0.39 is 35.4 Å². The maximum Gasteiger partial charge on any atom is 0.419 e. The summed E-state index contributed by atoms with van der Waals surface area (Å²) in [6.45, 7) is 7.08. The first-order valence-corrected chi connectivity index (χ1v) is 12.2. The molecule has 0 N–H and O–H groups in total. The quantitative estimate of drug-likeness (QED) is 0.405. The van der Waals surface area contributed by atoms with Crippen molar-refractivity contribution in [1.29, 1.82) is 0 Å². The molecule has 2 fully saturated rings. The molecule has 1 unspecified atom stereocenters. The summed E-state index contributed by atoms with van der Waals surface area (Å²) in [5, 5.41) is 3.60. The number of cyclic esters (lactones) is 1. The lowest BCUT2D eigenvalue weighted by atomic mass is 9.91. The van der Waals surface area contributed by atoms with Crippen molar-refractivity contribution in [2.75, 3.05) is 19.6 Å². The van der Waals surface area contributed by atoms with Crippen LogP contribution in [0.25, 0.3) is 0 Å². The van der Waals surface area contributed by atoms with E-state index in [9.17, 15) is 18.4 Å². The molecule has 1 aromatic heterocycles. The number of hydrazine groups is 1. The molecule has 1 atom stereocenters. The van der Waals surface area contributed by atoms with Crippen LogP contribution in [0.15, 0.2) is 42.6 Å². The Bertz CT molecular complexity index is 1070. The predicted molar refractivity (Wildman–Crippen MR) is 141 cm³/mol. The summed E-state index contributed by atoms with van der Waals surface area (Å²) >= 11 is 0. The normalized spacial score (nSPS) is 19.5. The van der Waals surface area contributed by atoms with Crippen molar-refractivity contribution < 1.29 is 23.1 Å². The third kappa shape index (κ3) is 6.51. The van der Waals surface area contributed by atoms with Gasteiger partial charge in [0.15, 0.2) is 11.6 Å². The zero-order valence-corrected chi connectivity index (χ0v) is 22.9. The number of pyridine rings is 1. The average molecular weight is 559 g/mol. The Balaban J connectivity index is 0.00000241. The summed E-state index contributed by atoms with van der Waals surface area (Å²) in [6.07, 6.45) is 4.28. The van der Waals surface area contributed by atoms with E-state index in [4.69, 9.17) is 4.74 Å². The molecular weight excluding hydrogens is 525 g/mol. The van der Waals surface area contributed by atoms with Gasteiger partial charge in [-0.2, -0.15) is 0 Å². The lowest BCUT2D eigenvalue weighted by molar-refractivity contribution is -0.0192. The SMILES string of the molecule is CCCCN(C(=O)N1C(=O)OC(C)(C)C1c1ccc(F)c(F)c1)N1CCC(c2ccccn2)CC1.Cl.Cl. The second-order valence-corrected chi connectivity index (χ2v) is 9.66. The molecule has 0 aliphatic carbocycles. The fourth-order valence-corrected chi connectivity index (χ4v) is 4.98. The second kappa shape index (κ2) is 12.8. The molecule has 0 spiro atoms. The number of hydrogen-bond acceptors (Lipinski definition) is 5. The van der Waals surface area contributed by atoms with Gasteiger partial charge >= 0.3 is 12.1 Å². The second-order valence-electron chi connectivity index (χ2n) is 9.66. The number of unbranched alkanes of at least 4 members (excludes halogenated alkanes) is 1. The minimum atomic E-state index is -1.11. The highest BCUT2D eigenvalue weighted by Crippen LogP contribution is 2.42. The van der Waals surface area contributed by atoms with Crippen molar-refractivity contribution in [2.24, 2.45) is 0 Å². The Hall–Kier alpha value is -2.49. The van der Waals surface area contributed by atoms with Crippen LogP contribution in [0, 0.1) is 11.6 Å². The maximum absolute atomic E-state index is 14.1. The number of benzene rings is 1. The topological polar surface area (TPSA) is 66.0 Å². The van der Waals surface area contributed by atoms with Gasteiger partial charge in [-0.25, -0.2) is 28.3 Å². The van der Waals surface area contributed by atoms with Crippen molar-refractivity contribution in [3.8, 4) is 0 Å². The van der Waals surface area contributed by atoms with Crippen LogP contribution in [0.5, 0.6) is 0 Å². The number of amides is 3. The zero-order valence-electron chi connectivity index (χ0n) is 21.2. The number of aromatic nitrogens is 1. The van der Waals surface area contributed by atoms with Gasteiger partial charge in [0, 0.05) is 37.4 Å². The van der Waals surface area contributed by atoms with Gasteiger partial charge in [0.05, 0.1) is 0 Å². The van der Waals surface area contributed by atoms with E-state index in [-0.39, 0.29) is 24.8 Å². The van der Waals surface area contributed by atoms with Gasteiger partial charge in [-0.3, -0.25) is 9.99 Å². The molecule has 2 aliphatic rings. The van der Waals surface area contributed by atoms with Gasteiger partial charge in [0.1, 0.15) is 11.6 Å². The van der Waals surface area contributed by atoms with Crippen LogP contribution < -0.4 is 0 Å². The largest absolute Gasteiger partial charge is 0.440 e. The number of halogens is 4. The molecule has 3 amide bonds. The van der Waals surface area contributed by atoms with Gasteiger partial charge in [-0.05, 0) is 62.9 Å². The summed E-state index contributed by atoms with van der Waals surface area (Å²) in [5.74, 6) is -1.72. The molecule has 204 valence electrons. The molecule has 0 saturated carbocycles. The Morgan fingerprint density at radius 1 is 1.14 bits per heavy atom. The van der Waals surface area contributed by atoms with E-state index in [2.05, 4.69) is 4.98 Å². The Labute approximate surface area is 228 Å². The first kappa shape index (κ1) is 30.7. The molecule has 0 bridgehead atoms. The number of urea groups is 1. The number of imide groups is 1. The summed E-state index contributed by atoms with van der Waals surface area (Å²) in [6, 6.07) is 7.90. The third-order valence-electron chi connectivity index (χ3n) is 6.79. The third-order valence-corrected chi connectivity index (χ3v) is 6.79. The molecular formula is C26H34Cl2F2N4O3. The van der Waals surface area contributed by atoms with Gasteiger partial charge < -0.3 is 4.74 Å². The van der Waals surface area contributed by atoms with Crippen molar-refractivity contribution in [1.82, 2.24) is 19.9 Å². The van der Waals surface area contributed by atoms with E-state index in [1.54, 1.807) is 25.1 Å².